The Bertz CT molecular complexity index is 582. The number of carbonyl (C=O) groups excluding carboxylic acids is 1. The van der Waals surface area contributed by atoms with Crippen LogP contribution >= 0.6 is 11.6 Å². The first-order valence-electron chi connectivity index (χ1n) is 5.51. The second kappa shape index (κ2) is 5.19. The van der Waals surface area contributed by atoms with Crippen LogP contribution in [0.15, 0.2) is 42.6 Å². The molecule has 0 unspecified atom stereocenters. The van der Waals surface area contributed by atoms with Gasteiger partial charge >= 0.3 is 0 Å². The molecule has 18 heavy (non-hydrogen) atoms. The Labute approximate surface area is 111 Å². The van der Waals surface area contributed by atoms with Crippen LogP contribution in [0.1, 0.15) is 10.4 Å². The molecule has 0 spiro atoms. The molecule has 1 aromatic carbocycles. The van der Waals surface area contributed by atoms with E-state index in [1.807, 2.05) is 24.3 Å². The highest BCUT2D eigenvalue weighted by Gasteiger charge is 2.09. The van der Waals surface area contributed by atoms with Gasteiger partial charge in [0.2, 0.25) is 0 Å². The number of aromatic nitrogens is 1. The Morgan fingerprint density at radius 2 is 1.89 bits per heavy atom. The van der Waals surface area contributed by atoms with E-state index in [0.29, 0.717) is 10.7 Å². The zero-order valence-corrected chi connectivity index (χ0v) is 11.0. The number of hydrogen-bond donors (Lipinski definition) is 0. The fraction of sp³-hybridized carbons (Fsp3) is 0.143. The second-order valence-electron chi connectivity index (χ2n) is 4.15. The number of nitrogens with zero attached hydrogens (tertiary/aromatic N) is 2. The molecule has 4 heteroatoms. The lowest BCUT2D eigenvalue weighted by Crippen LogP contribution is -2.21. The predicted octanol–water partition coefficient (Wildman–Crippen LogP) is 3.10. The van der Waals surface area contributed by atoms with Crippen molar-refractivity contribution in [3.63, 3.8) is 0 Å². The van der Waals surface area contributed by atoms with E-state index < -0.39 is 0 Å². The molecule has 0 bridgehead atoms. The number of carbonyl (C=O) groups is 1. The van der Waals surface area contributed by atoms with Crippen molar-refractivity contribution < 1.29 is 4.79 Å². The van der Waals surface area contributed by atoms with Gasteiger partial charge in [0.15, 0.2) is 0 Å². The summed E-state index contributed by atoms with van der Waals surface area (Å²) in [6.07, 6.45) is 1.65. The second-order valence-corrected chi connectivity index (χ2v) is 4.53. The van der Waals surface area contributed by atoms with Crippen molar-refractivity contribution in [2.45, 2.75) is 0 Å². The minimum Gasteiger partial charge on any atom is -0.345 e. The topological polar surface area (TPSA) is 33.2 Å². The molecule has 0 atom stereocenters. The number of hydrogen-bond acceptors (Lipinski definition) is 2. The molecule has 0 saturated heterocycles. The molecule has 1 amide bonds. The molecule has 0 aliphatic carbocycles. The van der Waals surface area contributed by atoms with Crippen molar-refractivity contribution in [2.24, 2.45) is 0 Å². The monoisotopic (exact) mass is 260 g/mol. The number of halogens is 1. The van der Waals surface area contributed by atoms with Gasteiger partial charge in [-0.25, -0.2) is 4.98 Å². The van der Waals surface area contributed by atoms with Crippen LogP contribution < -0.4 is 0 Å². The van der Waals surface area contributed by atoms with Gasteiger partial charge in [0.05, 0.1) is 0 Å². The number of rotatable bonds is 2. The van der Waals surface area contributed by atoms with Crippen molar-refractivity contribution in [2.75, 3.05) is 14.1 Å². The fourth-order valence-corrected chi connectivity index (χ4v) is 1.85. The van der Waals surface area contributed by atoms with E-state index in [0.717, 1.165) is 11.1 Å². The third-order valence-corrected chi connectivity index (χ3v) is 2.78. The van der Waals surface area contributed by atoms with E-state index in [1.54, 1.807) is 37.3 Å². The normalized spacial score (nSPS) is 10.2. The van der Waals surface area contributed by atoms with Crippen LogP contribution in [-0.2, 0) is 0 Å². The highest BCUT2D eigenvalue weighted by Crippen LogP contribution is 2.22. The van der Waals surface area contributed by atoms with Crippen molar-refractivity contribution in [3.8, 4) is 11.1 Å². The summed E-state index contributed by atoms with van der Waals surface area (Å²) in [5, 5.41) is 0.442. The molecule has 0 saturated carbocycles. The summed E-state index contributed by atoms with van der Waals surface area (Å²) in [5.74, 6) is -0.0167. The predicted molar refractivity (Wildman–Crippen MR) is 72.7 cm³/mol. The molecule has 3 nitrogen and oxygen atoms in total. The zero-order valence-electron chi connectivity index (χ0n) is 10.2. The fourth-order valence-electron chi connectivity index (χ4n) is 1.67. The van der Waals surface area contributed by atoms with E-state index in [4.69, 9.17) is 11.6 Å². The highest BCUT2D eigenvalue weighted by atomic mass is 35.5. The number of pyridine rings is 1. The molecule has 0 radical (unpaired) electrons. The van der Waals surface area contributed by atoms with Crippen LogP contribution in [0.5, 0.6) is 0 Å². The first-order valence-corrected chi connectivity index (χ1v) is 5.89. The SMILES string of the molecule is CN(C)C(=O)c1cccc(-c2ccnc(Cl)c2)c1. The average molecular weight is 261 g/mol. The molecular weight excluding hydrogens is 248 g/mol. The highest BCUT2D eigenvalue weighted by molar-refractivity contribution is 6.29. The quantitative estimate of drug-likeness (QED) is 0.778. The van der Waals surface area contributed by atoms with E-state index in [9.17, 15) is 4.79 Å². The molecule has 0 fully saturated rings. The van der Waals surface area contributed by atoms with Gasteiger partial charge in [-0.1, -0.05) is 23.7 Å². The summed E-state index contributed by atoms with van der Waals surface area (Å²) < 4.78 is 0. The van der Waals surface area contributed by atoms with Crippen molar-refractivity contribution in [3.05, 3.63) is 53.3 Å². The lowest BCUT2D eigenvalue weighted by atomic mass is 10.0. The lowest BCUT2D eigenvalue weighted by Gasteiger charge is -2.11. The molecule has 2 rings (SSSR count). The number of benzene rings is 1. The summed E-state index contributed by atoms with van der Waals surface area (Å²) in [7, 11) is 3.47. The molecule has 0 N–H and O–H groups in total. The molecule has 92 valence electrons. The Morgan fingerprint density at radius 3 is 2.56 bits per heavy atom. The van der Waals surface area contributed by atoms with Crippen molar-refractivity contribution in [1.82, 2.24) is 9.88 Å². The van der Waals surface area contributed by atoms with Gasteiger partial charge in [-0.2, -0.15) is 0 Å². The largest absolute Gasteiger partial charge is 0.345 e. The zero-order chi connectivity index (χ0) is 13.1. The smallest absolute Gasteiger partial charge is 0.253 e. The Balaban J connectivity index is 2.42. The molecule has 1 aromatic heterocycles. The van der Waals surface area contributed by atoms with Crippen LogP contribution in [0.2, 0.25) is 5.15 Å². The van der Waals surface area contributed by atoms with Gasteiger partial charge in [-0.15, -0.1) is 0 Å². The van der Waals surface area contributed by atoms with Crippen LogP contribution in [0, 0.1) is 0 Å². The van der Waals surface area contributed by atoms with E-state index in [1.165, 1.54) is 0 Å². The maximum Gasteiger partial charge on any atom is 0.253 e. The van der Waals surface area contributed by atoms with Crippen LogP contribution in [0.25, 0.3) is 11.1 Å². The van der Waals surface area contributed by atoms with Crippen LogP contribution in [-0.4, -0.2) is 29.9 Å². The minimum atomic E-state index is -0.0167. The summed E-state index contributed by atoms with van der Waals surface area (Å²) in [6, 6.07) is 11.1. The number of amides is 1. The Hall–Kier alpha value is -1.87. The van der Waals surface area contributed by atoms with E-state index >= 15 is 0 Å². The molecule has 0 aliphatic rings. The Kier molecular flexibility index (Phi) is 3.63. The van der Waals surface area contributed by atoms with Gasteiger partial charge in [0.25, 0.3) is 5.91 Å². The van der Waals surface area contributed by atoms with Gasteiger partial charge in [0, 0.05) is 25.9 Å². The summed E-state index contributed by atoms with van der Waals surface area (Å²) in [6.45, 7) is 0. The first kappa shape index (κ1) is 12.6. The van der Waals surface area contributed by atoms with Crippen molar-refractivity contribution in [1.29, 1.82) is 0 Å². The Morgan fingerprint density at radius 1 is 1.17 bits per heavy atom. The van der Waals surface area contributed by atoms with Gasteiger partial charge in [-0.3, -0.25) is 4.79 Å². The van der Waals surface area contributed by atoms with Crippen LogP contribution in [0.3, 0.4) is 0 Å². The molecular formula is C14H13ClN2O. The summed E-state index contributed by atoms with van der Waals surface area (Å²) >= 11 is 5.86. The minimum absolute atomic E-state index is 0.0167. The van der Waals surface area contributed by atoms with E-state index in [-0.39, 0.29) is 5.91 Å². The third kappa shape index (κ3) is 2.68. The third-order valence-electron chi connectivity index (χ3n) is 2.58. The molecule has 2 aromatic rings. The van der Waals surface area contributed by atoms with Gasteiger partial charge in [-0.05, 0) is 35.4 Å². The molecule has 1 heterocycles. The lowest BCUT2D eigenvalue weighted by molar-refractivity contribution is 0.0827. The molecule has 0 aliphatic heterocycles. The van der Waals surface area contributed by atoms with Crippen LogP contribution in [0.4, 0.5) is 0 Å². The van der Waals surface area contributed by atoms with Gasteiger partial charge in [0.1, 0.15) is 5.15 Å². The summed E-state index contributed by atoms with van der Waals surface area (Å²) in [5.41, 5.74) is 2.56. The first-order chi connectivity index (χ1) is 8.58. The van der Waals surface area contributed by atoms with Crippen molar-refractivity contribution >= 4 is 17.5 Å². The standard InChI is InChI=1S/C14H13ClN2O/c1-17(2)14(18)12-5-3-4-10(8-12)11-6-7-16-13(15)9-11/h3-9H,1-2H3. The average Bonchev–Trinajstić information content (AvgIpc) is 2.38. The maximum absolute atomic E-state index is 11.9. The van der Waals surface area contributed by atoms with E-state index in [2.05, 4.69) is 4.98 Å². The summed E-state index contributed by atoms with van der Waals surface area (Å²) in [4.78, 5) is 17.4. The van der Waals surface area contributed by atoms with Gasteiger partial charge < -0.3 is 4.90 Å². The maximum atomic E-state index is 11.9.